The molecular formula is C21H14BrCl2FN2O2. The third-order valence-electron chi connectivity index (χ3n) is 3.80. The van der Waals surface area contributed by atoms with Gasteiger partial charge in [0.2, 0.25) is 0 Å². The average molecular weight is 496 g/mol. The predicted octanol–water partition coefficient (Wildman–Crippen LogP) is 6.24. The van der Waals surface area contributed by atoms with Gasteiger partial charge in [-0.3, -0.25) is 4.79 Å². The molecule has 0 aliphatic carbocycles. The topological polar surface area (TPSA) is 50.7 Å². The zero-order valence-corrected chi connectivity index (χ0v) is 17.9. The second kappa shape index (κ2) is 9.87. The van der Waals surface area contributed by atoms with Crippen molar-refractivity contribution in [1.82, 2.24) is 5.43 Å². The molecule has 0 saturated carbocycles. The first-order chi connectivity index (χ1) is 13.9. The van der Waals surface area contributed by atoms with Gasteiger partial charge in [0.15, 0.2) is 5.75 Å². The number of hydrazone groups is 1. The number of benzene rings is 3. The summed E-state index contributed by atoms with van der Waals surface area (Å²) < 4.78 is 19.3. The molecule has 1 N–H and O–H groups in total. The van der Waals surface area contributed by atoms with E-state index in [0.29, 0.717) is 31.4 Å². The Hall–Kier alpha value is -2.41. The van der Waals surface area contributed by atoms with Gasteiger partial charge in [-0.25, -0.2) is 9.82 Å². The Morgan fingerprint density at radius 2 is 1.79 bits per heavy atom. The van der Waals surface area contributed by atoms with Crippen molar-refractivity contribution in [2.75, 3.05) is 0 Å². The fraction of sp³-hybridized carbons (Fsp3) is 0.0476. The van der Waals surface area contributed by atoms with Gasteiger partial charge in [-0.15, -0.1) is 0 Å². The van der Waals surface area contributed by atoms with Gasteiger partial charge in [0.1, 0.15) is 12.4 Å². The van der Waals surface area contributed by atoms with E-state index in [4.69, 9.17) is 27.9 Å². The summed E-state index contributed by atoms with van der Waals surface area (Å²) in [6.45, 7) is 0.239. The van der Waals surface area contributed by atoms with E-state index >= 15 is 0 Å². The second-order valence-corrected chi connectivity index (χ2v) is 7.63. The molecule has 4 nitrogen and oxygen atoms in total. The number of carbonyl (C=O) groups excluding carboxylic acids is 1. The van der Waals surface area contributed by atoms with Gasteiger partial charge in [0.25, 0.3) is 5.91 Å². The minimum absolute atomic E-state index is 0.239. The van der Waals surface area contributed by atoms with E-state index in [1.807, 2.05) is 0 Å². The minimum atomic E-state index is -0.359. The zero-order chi connectivity index (χ0) is 20.8. The SMILES string of the molecule is O=C(N/N=C\c1cc(Cl)c(OCc2ccc(F)cc2)c(Br)c1)c1ccc(Cl)cc1. The monoisotopic (exact) mass is 494 g/mol. The summed E-state index contributed by atoms with van der Waals surface area (Å²) in [6.07, 6.45) is 1.47. The molecule has 0 bridgehead atoms. The number of carbonyl (C=O) groups is 1. The lowest BCUT2D eigenvalue weighted by Crippen LogP contribution is -2.17. The van der Waals surface area contributed by atoms with Crippen LogP contribution in [-0.4, -0.2) is 12.1 Å². The van der Waals surface area contributed by atoms with E-state index in [9.17, 15) is 9.18 Å². The number of ether oxygens (including phenoxy) is 1. The van der Waals surface area contributed by atoms with Crippen molar-refractivity contribution in [3.63, 3.8) is 0 Å². The van der Waals surface area contributed by atoms with Gasteiger partial charge in [0, 0.05) is 10.6 Å². The fourth-order valence-electron chi connectivity index (χ4n) is 2.36. The lowest BCUT2D eigenvalue weighted by molar-refractivity contribution is 0.0955. The fourth-order valence-corrected chi connectivity index (χ4v) is 3.47. The van der Waals surface area contributed by atoms with E-state index in [-0.39, 0.29) is 18.3 Å². The molecule has 0 spiro atoms. The van der Waals surface area contributed by atoms with E-state index in [1.165, 1.54) is 18.3 Å². The minimum Gasteiger partial charge on any atom is -0.486 e. The van der Waals surface area contributed by atoms with Gasteiger partial charge in [-0.2, -0.15) is 5.10 Å². The van der Waals surface area contributed by atoms with E-state index in [2.05, 4.69) is 26.5 Å². The summed E-state index contributed by atoms with van der Waals surface area (Å²) in [7, 11) is 0. The van der Waals surface area contributed by atoms with Gasteiger partial charge in [-0.05, 0) is 75.6 Å². The first-order valence-corrected chi connectivity index (χ1v) is 9.92. The summed E-state index contributed by atoms with van der Waals surface area (Å²) in [6, 6.07) is 15.9. The molecule has 3 aromatic rings. The van der Waals surface area contributed by atoms with Crippen LogP contribution >= 0.6 is 39.1 Å². The van der Waals surface area contributed by atoms with E-state index < -0.39 is 0 Å². The molecule has 0 heterocycles. The lowest BCUT2D eigenvalue weighted by atomic mass is 10.2. The van der Waals surface area contributed by atoms with E-state index in [0.717, 1.165) is 5.56 Å². The van der Waals surface area contributed by atoms with Crippen molar-refractivity contribution in [1.29, 1.82) is 0 Å². The van der Waals surface area contributed by atoms with Crippen molar-refractivity contribution in [2.45, 2.75) is 6.61 Å². The van der Waals surface area contributed by atoms with Crippen LogP contribution in [0.1, 0.15) is 21.5 Å². The Labute approximate surface area is 185 Å². The number of hydrogen-bond donors (Lipinski definition) is 1. The number of nitrogens with zero attached hydrogens (tertiary/aromatic N) is 1. The van der Waals surface area contributed by atoms with Crippen molar-refractivity contribution in [2.24, 2.45) is 5.10 Å². The first kappa shape index (κ1) is 21.3. The third-order valence-corrected chi connectivity index (χ3v) is 4.92. The van der Waals surface area contributed by atoms with Crippen molar-refractivity contribution in [3.8, 4) is 5.75 Å². The highest BCUT2D eigenvalue weighted by Crippen LogP contribution is 2.34. The zero-order valence-electron chi connectivity index (χ0n) is 14.8. The second-order valence-electron chi connectivity index (χ2n) is 5.93. The highest BCUT2D eigenvalue weighted by molar-refractivity contribution is 9.10. The summed E-state index contributed by atoms with van der Waals surface area (Å²) in [5.41, 5.74) is 4.35. The first-order valence-electron chi connectivity index (χ1n) is 8.37. The number of hydrogen-bond acceptors (Lipinski definition) is 3. The standard InChI is InChI=1S/C21H14BrCl2FN2O2/c22-18-9-14(11-26-27-21(28)15-3-5-16(23)6-4-15)10-19(24)20(18)29-12-13-1-7-17(25)8-2-13/h1-11H,12H2,(H,27,28)/b26-11-. The molecule has 0 saturated heterocycles. The molecule has 1 amide bonds. The highest BCUT2D eigenvalue weighted by Gasteiger charge is 2.10. The molecule has 0 fully saturated rings. The van der Waals surface area contributed by atoms with Crippen molar-refractivity contribution in [3.05, 3.63) is 97.7 Å². The van der Waals surface area contributed by atoms with Crippen LogP contribution in [0, 0.1) is 5.82 Å². The molecule has 3 rings (SSSR count). The molecule has 29 heavy (non-hydrogen) atoms. The molecule has 0 unspecified atom stereocenters. The summed E-state index contributed by atoms with van der Waals surface area (Å²) in [5, 5.41) is 4.86. The van der Waals surface area contributed by atoms with Gasteiger partial charge >= 0.3 is 0 Å². The molecule has 0 aromatic heterocycles. The molecule has 3 aromatic carbocycles. The average Bonchev–Trinajstić information content (AvgIpc) is 2.69. The van der Waals surface area contributed by atoms with Crippen LogP contribution in [0.3, 0.4) is 0 Å². The molecule has 0 radical (unpaired) electrons. The van der Waals surface area contributed by atoms with Gasteiger partial charge < -0.3 is 4.74 Å². The summed E-state index contributed by atoms with van der Waals surface area (Å²) in [5.74, 6) is -0.208. The van der Waals surface area contributed by atoms with Crippen LogP contribution in [0.25, 0.3) is 0 Å². The molecule has 8 heteroatoms. The normalized spacial score (nSPS) is 10.9. The Bertz CT molecular complexity index is 1020. The largest absolute Gasteiger partial charge is 0.486 e. The third kappa shape index (κ3) is 6.03. The number of amides is 1. The van der Waals surface area contributed by atoms with Crippen LogP contribution in [0.2, 0.25) is 10.0 Å². The van der Waals surface area contributed by atoms with Gasteiger partial charge in [-0.1, -0.05) is 35.3 Å². The number of rotatable bonds is 6. The predicted molar refractivity (Wildman–Crippen MR) is 116 cm³/mol. The van der Waals surface area contributed by atoms with Crippen molar-refractivity contribution < 1.29 is 13.9 Å². The van der Waals surface area contributed by atoms with Gasteiger partial charge in [0.05, 0.1) is 15.7 Å². The Morgan fingerprint density at radius 1 is 1.10 bits per heavy atom. The van der Waals surface area contributed by atoms with Crippen molar-refractivity contribution >= 4 is 51.3 Å². The maximum absolute atomic E-state index is 13.0. The summed E-state index contributed by atoms with van der Waals surface area (Å²) in [4.78, 5) is 12.0. The van der Waals surface area contributed by atoms with Crippen LogP contribution in [0.15, 0.2) is 70.2 Å². The van der Waals surface area contributed by atoms with Crippen LogP contribution in [0.5, 0.6) is 5.75 Å². The number of nitrogens with one attached hydrogen (secondary N) is 1. The Morgan fingerprint density at radius 3 is 2.45 bits per heavy atom. The molecule has 148 valence electrons. The molecule has 0 aliphatic rings. The Balaban J connectivity index is 1.63. The van der Waals surface area contributed by atoms with Crippen LogP contribution < -0.4 is 10.2 Å². The summed E-state index contributed by atoms with van der Waals surface area (Å²) >= 11 is 15.5. The lowest BCUT2D eigenvalue weighted by Gasteiger charge is -2.11. The van der Waals surface area contributed by atoms with E-state index in [1.54, 1.807) is 48.5 Å². The highest BCUT2D eigenvalue weighted by atomic mass is 79.9. The Kier molecular flexibility index (Phi) is 7.25. The maximum atomic E-state index is 13.0. The van der Waals surface area contributed by atoms with Crippen LogP contribution in [0.4, 0.5) is 4.39 Å². The smallest absolute Gasteiger partial charge is 0.271 e. The molecule has 0 aliphatic heterocycles. The van der Waals surface area contributed by atoms with Crippen LogP contribution in [-0.2, 0) is 6.61 Å². The molecular weight excluding hydrogens is 482 g/mol. The molecule has 0 atom stereocenters. The maximum Gasteiger partial charge on any atom is 0.271 e. The number of halogens is 4. The quantitative estimate of drug-likeness (QED) is 0.325.